The monoisotopic (exact) mass is 293 g/mol. The van der Waals surface area contributed by atoms with Crippen molar-refractivity contribution in [2.24, 2.45) is 0 Å². The highest BCUT2D eigenvalue weighted by Gasteiger charge is 2.40. The van der Waals surface area contributed by atoms with Gasteiger partial charge in [0.15, 0.2) is 0 Å². The topological polar surface area (TPSA) is 12.5 Å². The third-order valence-corrected chi connectivity index (χ3v) is 5.57. The van der Waals surface area contributed by atoms with Crippen molar-refractivity contribution in [2.45, 2.75) is 30.7 Å². The molecule has 2 aromatic rings. The fourth-order valence-electron chi connectivity index (χ4n) is 4.42. The molecular weight excluding hydrogens is 270 g/mol. The Hall–Kier alpha value is -1.80. The van der Waals surface area contributed by atoms with Crippen LogP contribution in [0, 0.1) is 0 Å². The molecule has 3 unspecified atom stereocenters. The fraction of sp³-hybridized carbons (Fsp3) is 0.400. The molecule has 0 aromatic heterocycles. The smallest absolute Gasteiger partial charge is 0.119 e. The van der Waals surface area contributed by atoms with Crippen molar-refractivity contribution in [2.75, 3.05) is 20.7 Å². The maximum Gasteiger partial charge on any atom is 0.119 e. The van der Waals surface area contributed by atoms with Crippen LogP contribution in [0.25, 0.3) is 0 Å². The van der Waals surface area contributed by atoms with Crippen LogP contribution < -0.4 is 4.74 Å². The number of rotatable bonds is 2. The molecule has 2 nitrogen and oxygen atoms in total. The SMILES string of the molecule is COc1cccc(C2CC3C(CCN3C)c3ccccc32)c1. The summed E-state index contributed by atoms with van der Waals surface area (Å²) in [6.45, 7) is 1.22. The fourth-order valence-corrected chi connectivity index (χ4v) is 4.42. The van der Waals surface area contributed by atoms with E-state index in [9.17, 15) is 0 Å². The van der Waals surface area contributed by atoms with E-state index >= 15 is 0 Å². The van der Waals surface area contributed by atoms with Crippen LogP contribution in [0.4, 0.5) is 0 Å². The standard InChI is InChI=1S/C20H23NO/c1-21-11-10-18-16-8-3-4-9-17(16)19(13-20(18)21)14-6-5-7-15(12-14)22-2/h3-9,12,18-20H,10-11,13H2,1-2H3. The Kier molecular flexibility index (Phi) is 3.42. The van der Waals surface area contributed by atoms with Crippen LogP contribution in [0.1, 0.15) is 41.4 Å². The van der Waals surface area contributed by atoms with Gasteiger partial charge in [-0.25, -0.2) is 0 Å². The van der Waals surface area contributed by atoms with Crippen LogP contribution in [0.3, 0.4) is 0 Å². The van der Waals surface area contributed by atoms with Crippen LogP contribution >= 0.6 is 0 Å². The van der Waals surface area contributed by atoms with Crippen molar-refractivity contribution in [1.29, 1.82) is 0 Å². The summed E-state index contributed by atoms with van der Waals surface area (Å²) in [5, 5.41) is 0. The zero-order valence-corrected chi connectivity index (χ0v) is 13.3. The van der Waals surface area contributed by atoms with E-state index in [0.717, 1.165) is 5.75 Å². The molecule has 1 saturated heterocycles. The lowest BCUT2D eigenvalue weighted by molar-refractivity contribution is 0.265. The summed E-state index contributed by atoms with van der Waals surface area (Å²) in [4.78, 5) is 2.55. The molecule has 1 aliphatic carbocycles. The Balaban J connectivity index is 1.80. The zero-order valence-electron chi connectivity index (χ0n) is 13.3. The molecule has 0 amide bonds. The van der Waals surface area contributed by atoms with E-state index in [-0.39, 0.29) is 0 Å². The first-order chi connectivity index (χ1) is 10.8. The third-order valence-electron chi connectivity index (χ3n) is 5.57. The maximum atomic E-state index is 5.43. The number of methoxy groups -OCH3 is 1. The van der Waals surface area contributed by atoms with Crippen LogP contribution in [0.5, 0.6) is 5.75 Å². The van der Waals surface area contributed by atoms with Gasteiger partial charge in [-0.15, -0.1) is 0 Å². The van der Waals surface area contributed by atoms with Crippen molar-refractivity contribution in [3.63, 3.8) is 0 Å². The summed E-state index contributed by atoms with van der Waals surface area (Å²) >= 11 is 0. The van der Waals surface area contributed by atoms with E-state index in [2.05, 4.69) is 54.4 Å². The van der Waals surface area contributed by atoms with Crippen LogP contribution in [-0.2, 0) is 0 Å². The second-order valence-electron chi connectivity index (χ2n) is 6.64. The van der Waals surface area contributed by atoms with Gasteiger partial charge in [-0.1, -0.05) is 36.4 Å². The summed E-state index contributed by atoms with van der Waals surface area (Å²) in [5.74, 6) is 2.15. The van der Waals surface area contributed by atoms with Crippen LogP contribution in [0.15, 0.2) is 48.5 Å². The van der Waals surface area contributed by atoms with E-state index in [1.807, 2.05) is 6.07 Å². The first kappa shape index (κ1) is 13.8. The summed E-state index contributed by atoms with van der Waals surface area (Å²) in [5.41, 5.74) is 4.47. The van der Waals surface area contributed by atoms with Crippen LogP contribution in [-0.4, -0.2) is 31.6 Å². The van der Waals surface area contributed by atoms with Gasteiger partial charge in [-0.2, -0.15) is 0 Å². The van der Waals surface area contributed by atoms with Crippen molar-refractivity contribution in [1.82, 2.24) is 4.90 Å². The molecule has 1 heterocycles. The Morgan fingerprint density at radius 2 is 1.86 bits per heavy atom. The first-order valence-corrected chi connectivity index (χ1v) is 8.21. The number of ether oxygens (including phenoxy) is 1. The summed E-state index contributed by atoms with van der Waals surface area (Å²) in [6.07, 6.45) is 2.51. The number of hydrogen-bond donors (Lipinski definition) is 0. The molecule has 1 fully saturated rings. The number of nitrogens with zero attached hydrogens (tertiary/aromatic N) is 1. The van der Waals surface area contributed by atoms with E-state index in [1.165, 1.54) is 30.5 Å². The zero-order chi connectivity index (χ0) is 15.1. The first-order valence-electron chi connectivity index (χ1n) is 8.21. The van der Waals surface area contributed by atoms with Gasteiger partial charge in [0.2, 0.25) is 0 Å². The molecule has 114 valence electrons. The highest BCUT2D eigenvalue weighted by atomic mass is 16.5. The second kappa shape index (κ2) is 5.44. The quantitative estimate of drug-likeness (QED) is 0.829. The second-order valence-corrected chi connectivity index (χ2v) is 6.64. The van der Waals surface area contributed by atoms with E-state index in [4.69, 9.17) is 4.74 Å². The molecule has 0 spiro atoms. The van der Waals surface area contributed by atoms with E-state index < -0.39 is 0 Å². The highest BCUT2D eigenvalue weighted by molar-refractivity contribution is 5.45. The highest BCUT2D eigenvalue weighted by Crippen LogP contribution is 2.48. The summed E-state index contributed by atoms with van der Waals surface area (Å²) in [7, 11) is 4.02. The van der Waals surface area contributed by atoms with Gasteiger partial charge < -0.3 is 9.64 Å². The largest absolute Gasteiger partial charge is 0.497 e. The van der Waals surface area contributed by atoms with Crippen molar-refractivity contribution in [3.05, 3.63) is 65.2 Å². The molecule has 1 aliphatic heterocycles. The molecule has 22 heavy (non-hydrogen) atoms. The molecule has 2 aromatic carbocycles. The lowest BCUT2D eigenvalue weighted by Gasteiger charge is -2.37. The summed E-state index contributed by atoms with van der Waals surface area (Å²) in [6, 6.07) is 18.3. The minimum atomic E-state index is 0.480. The Bertz CT molecular complexity index is 681. The molecule has 2 heteroatoms. The van der Waals surface area contributed by atoms with E-state index in [1.54, 1.807) is 12.7 Å². The molecule has 0 bridgehead atoms. The van der Waals surface area contributed by atoms with Gasteiger partial charge in [0, 0.05) is 17.9 Å². The molecular formula is C20H23NO. The number of likely N-dealkylation sites (N-methyl/N-ethyl adjacent to an activating group) is 1. The Morgan fingerprint density at radius 1 is 1.05 bits per heavy atom. The maximum absolute atomic E-state index is 5.43. The van der Waals surface area contributed by atoms with Crippen molar-refractivity contribution < 1.29 is 4.74 Å². The van der Waals surface area contributed by atoms with Gasteiger partial charge in [-0.05, 0) is 55.3 Å². The molecule has 4 rings (SSSR count). The van der Waals surface area contributed by atoms with Gasteiger partial charge in [-0.3, -0.25) is 0 Å². The predicted molar refractivity (Wildman–Crippen MR) is 89.7 cm³/mol. The average Bonchev–Trinajstić information content (AvgIpc) is 2.95. The van der Waals surface area contributed by atoms with Gasteiger partial charge in [0.25, 0.3) is 0 Å². The molecule has 3 atom stereocenters. The van der Waals surface area contributed by atoms with Gasteiger partial charge >= 0.3 is 0 Å². The normalized spacial score (nSPS) is 27.3. The minimum absolute atomic E-state index is 0.480. The number of fused-ring (bicyclic) bond motifs is 3. The number of benzene rings is 2. The van der Waals surface area contributed by atoms with E-state index in [0.29, 0.717) is 17.9 Å². The average molecular weight is 293 g/mol. The molecule has 0 radical (unpaired) electrons. The lowest BCUT2D eigenvalue weighted by atomic mass is 9.71. The van der Waals surface area contributed by atoms with Gasteiger partial charge in [0.1, 0.15) is 5.75 Å². The molecule has 0 N–H and O–H groups in total. The van der Waals surface area contributed by atoms with Crippen LogP contribution in [0.2, 0.25) is 0 Å². The lowest BCUT2D eigenvalue weighted by Crippen LogP contribution is -2.34. The Labute approximate surface area is 132 Å². The predicted octanol–water partition coefficient (Wildman–Crippen LogP) is 4.02. The Morgan fingerprint density at radius 3 is 2.68 bits per heavy atom. The third kappa shape index (κ3) is 2.14. The molecule has 0 saturated carbocycles. The van der Waals surface area contributed by atoms with Gasteiger partial charge in [0.05, 0.1) is 7.11 Å². The minimum Gasteiger partial charge on any atom is -0.497 e. The number of likely N-dealkylation sites (tertiary alicyclic amines) is 1. The summed E-state index contributed by atoms with van der Waals surface area (Å²) < 4.78 is 5.43. The van der Waals surface area contributed by atoms with Crippen molar-refractivity contribution in [3.8, 4) is 5.75 Å². The number of hydrogen-bond acceptors (Lipinski definition) is 2. The molecule has 2 aliphatic rings. The van der Waals surface area contributed by atoms with Crippen molar-refractivity contribution >= 4 is 0 Å².